The van der Waals surface area contributed by atoms with Gasteiger partial charge in [0, 0.05) is 12.6 Å². The number of nitrogens with one attached hydrogen (secondary N) is 1. The standard InChI is InChI=1S/C21H15F6N3O3S/c1-29-18-16(34-19(32)30-18)7-10-2-5-15(13(6-10)17(28)31)33-9-11-3-4-12(20(22,23)24)8-14(11)21(25,26)27/h2-8H,9H2,1H3,(H2,28,31)(H,29,30,32). The molecule has 34 heavy (non-hydrogen) atoms. The molecule has 2 aromatic rings. The molecule has 0 unspecified atom stereocenters. The SMILES string of the molecule is CNC1=NC(=O)SC1=Cc1ccc(OCc2ccc(C(F)(F)F)cc2C(F)(F)F)c(C(N)=O)c1. The largest absolute Gasteiger partial charge is 0.488 e. The number of aliphatic imine (C=N–C) groups is 1. The van der Waals surface area contributed by atoms with Gasteiger partial charge in [-0.2, -0.15) is 31.3 Å². The van der Waals surface area contributed by atoms with E-state index in [4.69, 9.17) is 10.5 Å². The highest BCUT2D eigenvalue weighted by molar-refractivity contribution is 8.18. The number of amides is 2. The number of ether oxygens (including phenoxy) is 1. The zero-order chi connectivity index (χ0) is 25.3. The topological polar surface area (TPSA) is 93.8 Å². The molecule has 0 atom stereocenters. The minimum Gasteiger partial charge on any atom is -0.488 e. The highest BCUT2D eigenvalue weighted by Gasteiger charge is 2.38. The first-order valence-electron chi connectivity index (χ1n) is 9.34. The number of primary amides is 1. The fourth-order valence-corrected chi connectivity index (χ4v) is 3.76. The molecule has 1 heterocycles. The van der Waals surface area contributed by atoms with Crippen molar-refractivity contribution in [1.29, 1.82) is 0 Å². The second kappa shape index (κ2) is 9.41. The second-order valence-corrected chi connectivity index (χ2v) is 7.86. The molecule has 6 nitrogen and oxygen atoms in total. The zero-order valence-electron chi connectivity index (χ0n) is 17.2. The highest BCUT2D eigenvalue weighted by Crippen LogP contribution is 2.38. The lowest BCUT2D eigenvalue weighted by molar-refractivity contribution is -0.143. The number of rotatable bonds is 5. The molecule has 0 bridgehead atoms. The van der Waals surface area contributed by atoms with Gasteiger partial charge in [0.05, 0.1) is 21.6 Å². The summed E-state index contributed by atoms with van der Waals surface area (Å²) in [5.74, 6) is -0.797. The van der Waals surface area contributed by atoms with Crippen LogP contribution in [0.3, 0.4) is 0 Å². The highest BCUT2D eigenvalue weighted by atomic mass is 32.2. The van der Waals surface area contributed by atoms with E-state index in [0.717, 1.165) is 11.8 Å². The molecule has 3 N–H and O–H groups in total. The van der Waals surface area contributed by atoms with Crippen LogP contribution in [0.2, 0.25) is 0 Å². The predicted molar refractivity (Wildman–Crippen MR) is 113 cm³/mol. The van der Waals surface area contributed by atoms with Crippen LogP contribution in [-0.4, -0.2) is 24.0 Å². The molecule has 180 valence electrons. The Morgan fingerprint density at radius 1 is 1.12 bits per heavy atom. The van der Waals surface area contributed by atoms with Crippen molar-refractivity contribution >= 4 is 34.8 Å². The van der Waals surface area contributed by atoms with Gasteiger partial charge in [0.2, 0.25) is 0 Å². The summed E-state index contributed by atoms with van der Waals surface area (Å²) in [4.78, 5) is 27.6. The van der Waals surface area contributed by atoms with E-state index in [1.807, 2.05) is 0 Å². The number of thioether (sulfide) groups is 1. The molecule has 0 spiro atoms. The number of carbonyl (C=O) groups is 2. The number of carbonyl (C=O) groups excluding carboxylic acids is 2. The Labute approximate surface area is 192 Å². The molecular formula is C21H15F6N3O3S. The van der Waals surface area contributed by atoms with Crippen LogP contribution < -0.4 is 15.8 Å². The van der Waals surface area contributed by atoms with Crippen LogP contribution in [0.5, 0.6) is 5.75 Å². The first kappa shape index (κ1) is 25.1. The summed E-state index contributed by atoms with van der Waals surface area (Å²) in [5, 5.41) is 2.30. The van der Waals surface area contributed by atoms with Crippen molar-refractivity contribution in [1.82, 2.24) is 5.32 Å². The van der Waals surface area contributed by atoms with E-state index >= 15 is 0 Å². The minimum atomic E-state index is -5.06. The summed E-state index contributed by atoms with van der Waals surface area (Å²) in [6, 6.07) is 5.23. The predicted octanol–water partition coefficient (Wildman–Crippen LogP) is 5.23. The van der Waals surface area contributed by atoms with Crippen LogP contribution in [-0.2, 0) is 19.0 Å². The molecule has 1 aliphatic heterocycles. The van der Waals surface area contributed by atoms with Crippen LogP contribution in [0.15, 0.2) is 46.3 Å². The van der Waals surface area contributed by atoms with Gasteiger partial charge in [-0.15, -0.1) is 0 Å². The van der Waals surface area contributed by atoms with Crippen molar-refractivity contribution in [3.8, 4) is 5.75 Å². The first-order chi connectivity index (χ1) is 15.8. The van der Waals surface area contributed by atoms with E-state index < -0.39 is 46.8 Å². The van der Waals surface area contributed by atoms with Gasteiger partial charge in [-0.25, -0.2) is 0 Å². The van der Waals surface area contributed by atoms with Gasteiger partial charge >= 0.3 is 17.6 Å². The number of nitrogens with two attached hydrogens (primary N) is 1. The number of nitrogens with zero attached hydrogens (tertiary/aromatic N) is 1. The Bertz CT molecular complexity index is 1210. The number of benzene rings is 2. The zero-order valence-corrected chi connectivity index (χ0v) is 18.0. The number of alkyl halides is 6. The Balaban J connectivity index is 1.90. The van der Waals surface area contributed by atoms with Crippen molar-refractivity contribution < 1.29 is 40.7 Å². The molecule has 1 aliphatic rings. The molecular weight excluding hydrogens is 488 g/mol. The number of hydrogen-bond donors (Lipinski definition) is 2. The third-order valence-corrected chi connectivity index (χ3v) is 5.36. The maximum Gasteiger partial charge on any atom is 0.416 e. The van der Waals surface area contributed by atoms with E-state index in [1.54, 1.807) is 13.1 Å². The molecule has 3 rings (SSSR count). The Hall–Kier alpha value is -3.48. The normalized spacial score (nSPS) is 15.4. The number of likely N-dealkylation sites (N-methyl/N-ethyl adjacent to an activating group) is 1. The minimum absolute atomic E-state index is 0.00440. The molecule has 0 aliphatic carbocycles. The molecule has 0 saturated carbocycles. The molecule has 2 amide bonds. The van der Waals surface area contributed by atoms with Gasteiger partial charge in [0.1, 0.15) is 18.2 Å². The fraction of sp³-hybridized carbons (Fsp3) is 0.190. The van der Waals surface area contributed by atoms with Crippen molar-refractivity contribution in [2.75, 3.05) is 7.05 Å². The molecule has 0 fully saturated rings. The monoisotopic (exact) mass is 503 g/mol. The van der Waals surface area contributed by atoms with Gasteiger partial charge in [-0.3, -0.25) is 9.59 Å². The van der Waals surface area contributed by atoms with E-state index in [2.05, 4.69) is 10.3 Å². The van der Waals surface area contributed by atoms with Crippen molar-refractivity contribution in [2.24, 2.45) is 10.7 Å². The van der Waals surface area contributed by atoms with Crippen molar-refractivity contribution in [3.63, 3.8) is 0 Å². The van der Waals surface area contributed by atoms with Gasteiger partial charge in [-0.05, 0) is 47.7 Å². The number of halogens is 6. The molecule has 0 saturated heterocycles. The summed E-state index contributed by atoms with van der Waals surface area (Å²) in [5.41, 5.74) is 2.09. The maximum atomic E-state index is 13.3. The van der Waals surface area contributed by atoms with E-state index in [-0.39, 0.29) is 17.4 Å². The summed E-state index contributed by atoms with van der Waals surface area (Å²) in [7, 11) is 1.56. The fourth-order valence-electron chi connectivity index (χ4n) is 2.99. The summed E-state index contributed by atoms with van der Waals surface area (Å²) in [6.45, 7) is -0.769. The summed E-state index contributed by atoms with van der Waals surface area (Å²) >= 11 is 0.848. The van der Waals surface area contributed by atoms with Gasteiger partial charge in [0.15, 0.2) is 0 Å². The lowest BCUT2D eigenvalue weighted by Gasteiger charge is -2.17. The molecule has 0 aromatic heterocycles. The van der Waals surface area contributed by atoms with Crippen LogP contribution in [0.1, 0.15) is 32.6 Å². The van der Waals surface area contributed by atoms with E-state index in [1.165, 1.54) is 18.2 Å². The summed E-state index contributed by atoms with van der Waals surface area (Å²) < 4.78 is 83.9. The smallest absolute Gasteiger partial charge is 0.416 e. The average Bonchev–Trinajstić information content (AvgIpc) is 3.10. The lowest BCUT2D eigenvalue weighted by atomic mass is 10.0. The van der Waals surface area contributed by atoms with E-state index in [9.17, 15) is 35.9 Å². The Morgan fingerprint density at radius 3 is 2.41 bits per heavy atom. The molecule has 13 heteroatoms. The van der Waals surface area contributed by atoms with Crippen LogP contribution in [0.4, 0.5) is 31.1 Å². The summed E-state index contributed by atoms with van der Waals surface area (Å²) in [6.07, 6.45) is -8.48. The lowest BCUT2D eigenvalue weighted by Crippen LogP contribution is -2.17. The third kappa shape index (κ3) is 5.71. The van der Waals surface area contributed by atoms with Crippen molar-refractivity contribution in [3.05, 3.63) is 69.1 Å². The quantitative estimate of drug-likeness (QED) is 0.546. The van der Waals surface area contributed by atoms with Crippen molar-refractivity contribution in [2.45, 2.75) is 19.0 Å². The van der Waals surface area contributed by atoms with Gasteiger partial charge in [0.25, 0.3) is 5.91 Å². The second-order valence-electron chi connectivity index (χ2n) is 6.86. The third-order valence-electron chi connectivity index (χ3n) is 4.56. The number of amidine groups is 1. The average molecular weight is 503 g/mol. The molecule has 0 radical (unpaired) electrons. The van der Waals surface area contributed by atoms with Gasteiger partial charge in [-0.1, -0.05) is 12.1 Å². The van der Waals surface area contributed by atoms with Crippen LogP contribution in [0, 0.1) is 0 Å². The van der Waals surface area contributed by atoms with Gasteiger partial charge < -0.3 is 15.8 Å². The Kier molecular flexibility index (Phi) is 6.96. The van der Waals surface area contributed by atoms with Crippen LogP contribution >= 0.6 is 11.8 Å². The van der Waals surface area contributed by atoms with E-state index in [0.29, 0.717) is 28.4 Å². The Morgan fingerprint density at radius 2 is 1.82 bits per heavy atom. The van der Waals surface area contributed by atoms with Crippen LogP contribution in [0.25, 0.3) is 6.08 Å². The molecule has 2 aromatic carbocycles. The number of hydrogen-bond acceptors (Lipinski definition) is 5. The first-order valence-corrected chi connectivity index (χ1v) is 10.2. The maximum absolute atomic E-state index is 13.3.